The van der Waals surface area contributed by atoms with E-state index in [1.54, 1.807) is 12.1 Å². The zero-order valence-electron chi connectivity index (χ0n) is 10.6. The molecule has 0 amide bonds. The van der Waals surface area contributed by atoms with E-state index in [4.69, 9.17) is 11.6 Å². The molecule has 0 aliphatic carbocycles. The fraction of sp³-hybridized carbons (Fsp3) is 0.385. The third kappa shape index (κ3) is 3.55. The smallest absolute Gasteiger partial charge is 0.138 e. The number of aromatic nitrogens is 3. The molecule has 0 aliphatic heterocycles. The van der Waals surface area contributed by atoms with Crippen LogP contribution in [0.1, 0.15) is 30.8 Å². The molecule has 6 heteroatoms. The van der Waals surface area contributed by atoms with E-state index in [1.807, 2.05) is 10.7 Å². The predicted molar refractivity (Wildman–Crippen MR) is 78.1 cm³/mol. The second kappa shape index (κ2) is 6.50. The fourth-order valence-electron chi connectivity index (χ4n) is 1.90. The Bertz CT molecular complexity index is 559. The highest BCUT2D eigenvalue weighted by molar-refractivity contribution is 9.10. The van der Waals surface area contributed by atoms with Gasteiger partial charge in [0, 0.05) is 22.5 Å². The van der Waals surface area contributed by atoms with Crippen molar-refractivity contribution >= 4 is 27.5 Å². The van der Waals surface area contributed by atoms with E-state index in [1.165, 1.54) is 6.33 Å². The first-order valence-electron chi connectivity index (χ1n) is 6.11. The zero-order chi connectivity index (χ0) is 13.8. The number of benzene rings is 1. The standard InChI is InChI=1S/C13H15BrClN3O/c1-2-5-18-13(16-8-17-18)7-12(19)10-4-3-9(15)6-11(10)14/h3-4,6,8,12,19H,2,5,7H2,1H3. The average Bonchev–Trinajstić information content (AvgIpc) is 2.77. The van der Waals surface area contributed by atoms with Gasteiger partial charge in [-0.15, -0.1) is 0 Å². The zero-order valence-corrected chi connectivity index (χ0v) is 12.9. The molecule has 102 valence electrons. The summed E-state index contributed by atoms with van der Waals surface area (Å²) in [5.41, 5.74) is 0.801. The summed E-state index contributed by atoms with van der Waals surface area (Å²) in [7, 11) is 0. The Hall–Kier alpha value is -0.910. The Morgan fingerprint density at radius 2 is 2.26 bits per heavy atom. The van der Waals surface area contributed by atoms with Crippen LogP contribution in [0.4, 0.5) is 0 Å². The van der Waals surface area contributed by atoms with Gasteiger partial charge in [-0.1, -0.05) is 40.5 Å². The van der Waals surface area contributed by atoms with Crippen LogP contribution in [-0.4, -0.2) is 19.9 Å². The minimum atomic E-state index is -0.633. The van der Waals surface area contributed by atoms with Gasteiger partial charge in [0.25, 0.3) is 0 Å². The number of rotatable bonds is 5. The summed E-state index contributed by atoms with van der Waals surface area (Å²) in [6, 6.07) is 5.36. The third-order valence-corrected chi connectivity index (χ3v) is 3.75. The van der Waals surface area contributed by atoms with Crippen LogP contribution < -0.4 is 0 Å². The molecule has 2 rings (SSSR count). The molecule has 0 saturated carbocycles. The molecule has 1 aromatic carbocycles. The van der Waals surface area contributed by atoms with Gasteiger partial charge in [0.1, 0.15) is 12.2 Å². The minimum absolute atomic E-state index is 0.431. The van der Waals surface area contributed by atoms with Crippen molar-refractivity contribution in [1.82, 2.24) is 14.8 Å². The molecule has 0 fully saturated rings. The van der Waals surface area contributed by atoms with Crippen molar-refractivity contribution in [2.45, 2.75) is 32.4 Å². The van der Waals surface area contributed by atoms with Gasteiger partial charge in [0.05, 0.1) is 6.10 Å². The molecule has 0 saturated heterocycles. The number of halogens is 2. The van der Waals surface area contributed by atoms with Crippen LogP contribution in [0.3, 0.4) is 0 Å². The van der Waals surface area contributed by atoms with Gasteiger partial charge in [-0.2, -0.15) is 5.10 Å². The van der Waals surface area contributed by atoms with Gasteiger partial charge in [0.2, 0.25) is 0 Å². The molecule has 19 heavy (non-hydrogen) atoms. The molecule has 0 bridgehead atoms. The molecule has 1 unspecified atom stereocenters. The Balaban J connectivity index is 2.16. The highest BCUT2D eigenvalue weighted by Gasteiger charge is 2.15. The molecule has 2 aromatic rings. The van der Waals surface area contributed by atoms with Crippen molar-refractivity contribution in [2.75, 3.05) is 0 Å². The van der Waals surface area contributed by atoms with E-state index in [0.29, 0.717) is 11.4 Å². The number of aliphatic hydroxyl groups excluding tert-OH is 1. The number of aliphatic hydroxyl groups is 1. The van der Waals surface area contributed by atoms with E-state index in [9.17, 15) is 5.11 Å². The van der Waals surface area contributed by atoms with Gasteiger partial charge in [-0.3, -0.25) is 4.68 Å². The first-order valence-corrected chi connectivity index (χ1v) is 7.28. The van der Waals surface area contributed by atoms with Crippen molar-refractivity contribution in [3.05, 3.63) is 45.4 Å². The van der Waals surface area contributed by atoms with Gasteiger partial charge >= 0.3 is 0 Å². The average molecular weight is 345 g/mol. The van der Waals surface area contributed by atoms with Crippen LogP contribution in [0.5, 0.6) is 0 Å². The first kappa shape index (κ1) is 14.5. The maximum absolute atomic E-state index is 10.3. The molecular weight excluding hydrogens is 330 g/mol. The Morgan fingerprint density at radius 1 is 1.47 bits per heavy atom. The second-order valence-electron chi connectivity index (χ2n) is 4.29. The summed E-state index contributed by atoms with van der Waals surface area (Å²) in [5.74, 6) is 0.788. The molecule has 0 spiro atoms. The van der Waals surface area contributed by atoms with Crippen molar-refractivity contribution in [1.29, 1.82) is 0 Å². The van der Waals surface area contributed by atoms with Gasteiger partial charge in [0.15, 0.2) is 0 Å². The lowest BCUT2D eigenvalue weighted by atomic mass is 10.1. The summed E-state index contributed by atoms with van der Waals surface area (Å²) < 4.78 is 2.63. The monoisotopic (exact) mass is 343 g/mol. The van der Waals surface area contributed by atoms with Crippen LogP contribution in [0, 0.1) is 0 Å². The maximum atomic E-state index is 10.3. The topological polar surface area (TPSA) is 50.9 Å². The van der Waals surface area contributed by atoms with Crippen LogP contribution in [-0.2, 0) is 13.0 Å². The van der Waals surface area contributed by atoms with Crippen LogP contribution in [0.25, 0.3) is 0 Å². The SMILES string of the molecule is CCCn1ncnc1CC(O)c1ccc(Cl)cc1Br. The highest BCUT2D eigenvalue weighted by Crippen LogP contribution is 2.28. The molecule has 1 aromatic heterocycles. The number of nitrogens with zero attached hydrogens (tertiary/aromatic N) is 3. The lowest BCUT2D eigenvalue weighted by molar-refractivity contribution is 0.173. The van der Waals surface area contributed by atoms with Crippen molar-refractivity contribution < 1.29 is 5.11 Å². The van der Waals surface area contributed by atoms with E-state index in [-0.39, 0.29) is 0 Å². The second-order valence-corrected chi connectivity index (χ2v) is 5.58. The van der Waals surface area contributed by atoms with Crippen LogP contribution in [0.2, 0.25) is 5.02 Å². The summed E-state index contributed by atoms with van der Waals surface area (Å²) in [6.07, 6.45) is 2.30. The lowest BCUT2D eigenvalue weighted by Crippen LogP contribution is -2.10. The first-order chi connectivity index (χ1) is 9.11. The predicted octanol–water partition coefficient (Wildman–Crippen LogP) is 3.38. The molecular formula is C13H15BrClN3O. The largest absolute Gasteiger partial charge is 0.388 e. The van der Waals surface area contributed by atoms with Gasteiger partial charge in [-0.05, 0) is 24.1 Å². The van der Waals surface area contributed by atoms with Crippen molar-refractivity contribution in [2.24, 2.45) is 0 Å². The Labute approximate surface area is 125 Å². The molecule has 0 radical (unpaired) electrons. The molecule has 4 nitrogen and oxygen atoms in total. The summed E-state index contributed by atoms with van der Waals surface area (Å²) in [4.78, 5) is 4.20. The molecule has 1 heterocycles. The van der Waals surface area contributed by atoms with Crippen LogP contribution >= 0.6 is 27.5 Å². The maximum Gasteiger partial charge on any atom is 0.138 e. The molecule has 1 N–H and O–H groups in total. The third-order valence-electron chi connectivity index (χ3n) is 2.83. The fourth-order valence-corrected chi connectivity index (χ4v) is 2.85. The van der Waals surface area contributed by atoms with Gasteiger partial charge < -0.3 is 5.11 Å². The van der Waals surface area contributed by atoms with Crippen molar-refractivity contribution in [3.63, 3.8) is 0 Å². The summed E-state index contributed by atoms with van der Waals surface area (Å²) in [5, 5.41) is 15.1. The quantitative estimate of drug-likeness (QED) is 0.904. The van der Waals surface area contributed by atoms with E-state index in [2.05, 4.69) is 32.9 Å². The molecule has 1 atom stereocenters. The van der Waals surface area contributed by atoms with Crippen LogP contribution in [0.15, 0.2) is 29.0 Å². The highest BCUT2D eigenvalue weighted by atomic mass is 79.9. The normalized spacial score (nSPS) is 12.6. The summed E-state index contributed by atoms with van der Waals surface area (Å²) in [6.45, 7) is 2.89. The summed E-state index contributed by atoms with van der Waals surface area (Å²) >= 11 is 9.31. The van der Waals surface area contributed by atoms with E-state index >= 15 is 0 Å². The molecule has 0 aliphatic rings. The van der Waals surface area contributed by atoms with Gasteiger partial charge in [-0.25, -0.2) is 4.98 Å². The number of hydrogen-bond donors (Lipinski definition) is 1. The lowest BCUT2D eigenvalue weighted by Gasteiger charge is -2.13. The van der Waals surface area contributed by atoms with Crippen molar-refractivity contribution in [3.8, 4) is 0 Å². The van der Waals surface area contributed by atoms with E-state index in [0.717, 1.165) is 28.8 Å². The number of aryl methyl sites for hydroxylation is 1. The van der Waals surface area contributed by atoms with E-state index < -0.39 is 6.10 Å². The Morgan fingerprint density at radius 3 is 2.95 bits per heavy atom. The number of hydrogen-bond acceptors (Lipinski definition) is 3. The minimum Gasteiger partial charge on any atom is -0.388 e. The Kier molecular flexibility index (Phi) is 4.96.